The molecule has 1 atom stereocenters. The molecule has 19 heavy (non-hydrogen) atoms. The first-order valence-corrected chi connectivity index (χ1v) is 6.83. The average molecular weight is 260 g/mol. The van der Waals surface area contributed by atoms with E-state index in [9.17, 15) is 9.59 Å². The predicted octanol–water partition coefficient (Wildman–Crippen LogP) is 3.00. The molecule has 1 aromatic rings. The van der Waals surface area contributed by atoms with E-state index in [1.165, 1.54) is 5.56 Å². The van der Waals surface area contributed by atoms with E-state index in [0.29, 0.717) is 6.61 Å². The number of ether oxygens (including phenoxy) is 1. The summed E-state index contributed by atoms with van der Waals surface area (Å²) < 4.78 is 4.93. The van der Waals surface area contributed by atoms with Gasteiger partial charge in [-0.15, -0.1) is 0 Å². The number of rotatable bonds is 3. The predicted molar refractivity (Wildman–Crippen MR) is 73.3 cm³/mol. The number of esters is 1. The maximum absolute atomic E-state index is 12.4. The molecule has 3 nitrogen and oxygen atoms in total. The van der Waals surface area contributed by atoms with Gasteiger partial charge in [-0.25, -0.2) is 0 Å². The Labute approximate surface area is 114 Å². The summed E-state index contributed by atoms with van der Waals surface area (Å²) in [4.78, 5) is 23.9. The summed E-state index contributed by atoms with van der Waals surface area (Å²) in [6.07, 6.45) is 1.82. The molecule has 0 fully saturated rings. The van der Waals surface area contributed by atoms with Crippen LogP contribution in [-0.4, -0.2) is 18.4 Å². The van der Waals surface area contributed by atoms with E-state index < -0.39 is 0 Å². The van der Waals surface area contributed by atoms with Gasteiger partial charge in [0.2, 0.25) is 0 Å². The van der Waals surface area contributed by atoms with Crippen LogP contribution in [0.4, 0.5) is 0 Å². The van der Waals surface area contributed by atoms with Crippen LogP contribution in [-0.2, 0) is 16.0 Å². The van der Waals surface area contributed by atoms with E-state index in [1.54, 1.807) is 6.92 Å². The zero-order valence-electron chi connectivity index (χ0n) is 11.8. The van der Waals surface area contributed by atoms with Crippen LogP contribution >= 0.6 is 0 Å². The molecule has 1 aliphatic carbocycles. The maximum atomic E-state index is 12.4. The Hall–Kier alpha value is -1.64. The quantitative estimate of drug-likeness (QED) is 0.785. The van der Waals surface area contributed by atoms with Gasteiger partial charge in [0.1, 0.15) is 0 Å². The highest BCUT2D eigenvalue weighted by molar-refractivity contribution is 6.01. The first kappa shape index (κ1) is 13.8. The second kappa shape index (κ2) is 5.55. The fourth-order valence-electron chi connectivity index (χ4n) is 2.61. The largest absolute Gasteiger partial charge is 0.466 e. The van der Waals surface area contributed by atoms with Gasteiger partial charge in [-0.3, -0.25) is 9.59 Å². The van der Waals surface area contributed by atoms with Crippen molar-refractivity contribution in [3.05, 3.63) is 34.4 Å². The number of hydrogen-bond donors (Lipinski definition) is 0. The van der Waals surface area contributed by atoms with Crippen LogP contribution < -0.4 is 0 Å². The van der Waals surface area contributed by atoms with E-state index in [1.807, 2.05) is 13.0 Å². The van der Waals surface area contributed by atoms with Gasteiger partial charge in [-0.05, 0) is 56.4 Å². The second-order valence-electron chi connectivity index (χ2n) is 5.20. The van der Waals surface area contributed by atoms with Crippen LogP contribution in [0, 0.1) is 19.8 Å². The van der Waals surface area contributed by atoms with E-state index >= 15 is 0 Å². The first-order chi connectivity index (χ1) is 9.02. The molecule has 0 amide bonds. The normalized spacial score (nSPS) is 18.1. The van der Waals surface area contributed by atoms with Crippen LogP contribution in [0.1, 0.15) is 46.8 Å². The van der Waals surface area contributed by atoms with Crippen molar-refractivity contribution < 1.29 is 14.3 Å². The van der Waals surface area contributed by atoms with Crippen LogP contribution in [0.5, 0.6) is 0 Å². The molecule has 1 aromatic carbocycles. The highest BCUT2D eigenvalue weighted by Gasteiger charge is 2.29. The van der Waals surface area contributed by atoms with E-state index in [2.05, 4.69) is 13.0 Å². The Morgan fingerprint density at radius 1 is 1.32 bits per heavy atom. The molecule has 1 unspecified atom stereocenters. The van der Waals surface area contributed by atoms with E-state index in [4.69, 9.17) is 4.74 Å². The molecule has 0 spiro atoms. The first-order valence-electron chi connectivity index (χ1n) is 6.83. The molecular formula is C16H20O3. The number of hydrogen-bond acceptors (Lipinski definition) is 3. The third-order valence-electron chi connectivity index (χ3n) is 3.84. The molecule has 0 heterocycles. The molecule has 0 saturated carbocycles. The summed E-state index contributed by atoms with van der Waals surface area (Å²) in [6, 6.07) is 4.06. The standard InChI is InChI=1S/C16H20O3/c1-4-19-15(17)9-13-6-5-12-7-10(2)11(3)8-14(12)16(13)18/h7-8,13H,4-6,9H2,1-3H3. The summed E-state index contributed by atoms with van der Waals surface area (Å²) in [5.41, 5.74) is 4.26. The van der Waals surface area contributed by atoms with Crippen molar-refractivity contribution in [2.45, 2.75) is 40.0 Å². The second-order valence-corrected chi connectivity index (χ2v) is 5.20. The molecule has 3 heteroatoms. The minimum absolute atomic E-state index is 0.0948. The topological polar surface area (TPSA) is 43.4 Å². The molecule has 0 saturated heterocycles. The molecule has 1 aliphatic rings. The van der Waals surface area contributed by atoms with Crippen LogP contribution in [0.2, 0.25) is 0 Å². The fraction of sp³-hybridized carbons (Fsp3) is 0.500. The summed E-state index contributed by atoms with van der Waals surface area (Å²) in [5.74, 6) is -0.390. The summed E-state index contributed by atoms with van der Waals surface area (Å²) >= 11 is 0. The number of carbonyl (C=O) groups is 2. The molecule has 0 N–H and O–H groups in total. The SMILES string of the molecule is CCOC(=O)CC1CCc2cc(C)c(C)cc2C1=O. The molecule has 0 aliphatic heterocycles. The molecule has 102 valence electrons. The van der Waals surface area contributed by atoms with Crippen molar-refractivity contribution in [3.63, 3.8) is 0 Å². The van der Waals surface area contributed by atoms with Crippen LogP contribution in [0.3, 0.4) is 0 Å². The fourth-order valence-corrected chi connectivity index (χ4v) is 2.61. The molecule has 2 rings (SSSR count). The van der Waals surface area contributed by atoms with E-state index in [0.717, 1.165) is 29.5 Å². The minimum atomic E-state index is -0.270. The smallest absolute Gasteiger partial charge is 0.306 e. The molecular weight excluding hydrogens is 240 g/mol. The summed E-state index contributed by atoms with van der Waals surface area (Å²) in [7, 11) is 0. The van der Waals surface area contributed by atoms with Crippen molar-refractivity contribution in [3.8, 4) is 0 Å². The van der Waals surface area contributed by atoms with Gasteiger partial charge in [0.05, 0.1) is 13.0 Å². The number of fused-ring (bicyclic) bond motifs is 1. The lowest BCUT2D eigenvalue weighted by Gasteiger charge is -2.23. The Morgan fingerprint density at radius 2 is 2.00 bits per heavy atom. The van der Waals surface area contributed by atoms with Gasteiger partial charge in [-0.2, -0.15) is 0 Å². The zero-order valence-corrected chi connectivity index (χ0v) is 11.8. The van der Waals surface area contributed by atoms with E-state index in [-0.39, 0.29) is 24.1 Å². The Bertz CT molecular complexity index is 517. The zero-order chi connectivity index (χ0) is 14.0. The van der Waals surface area contributed by atoms with Gasteiger partial charge in [-0.1, -0.05) is 6.07 Å². The summed E-state index contributed by atoms with van der Waals surface area (Å²) in [5, 5.41) is 0. The van der Waals surface area contributed by atoms with Crippen LogP contribution in [0.15, 0.2) is 12.1 Å². The molecule has 0 bridgehead atoms. The Morgan fingerprint density at radius 3 is 2.68 bits per heavy atom. The molecule has 0 aromatic heterocycles. The summed E-state index contributed by atoms with van der Waals surface area (Å²) in [6.45, 7) is 6.22. The number of ketones is 1. The van der Waals surface area contributed by atoms with Crippen molar-refractivity contribution in [1.82, 2.24) is 0 Å². The Balaban J connectivity index is 2.20. The third kappa shape index (κ3) is 2.86. The average Bonchev–Trinajstić information content (AvgIpc) is 2.36. The molecule has 0 radical (unpaired) electrons. The third-order valence-corrected chi connectivity index (χ3v) is 3.84. The van der Waals surface area contributed by atoms with Crippen molar-refractivity contribution >= 4 is 11.8 Å². The lowest BCUT2D eigenvalue weighted by atomic mass is 9.80. The Kier molecular flexibility index (Phi) is 4.03. The monoisotopic (exact) mass is 260 g/mol. The van der Waals surface area contributed by atoms with Gasteiger partial charge in [0.15, 0.2) is 5.78 Å². The minimum Gasteiger partial charge on any atom is -0.466 e. The number of carbonyl (C=O) groups excluding carboxylic acids is 2. The highest BCUT2D eigenvalue weighted by atomic mass is 16.5. The van der Waals surface area contributed by atoms with Crippen LogP contribution in [0.25, 0.3) is 0 Å². The van der Waals surface area contributed by atoms with Gasteiger partial charge in [0.25, 0.3) is 0 Å². The van der Waals surface area contributed by atoms with Crippen molar-refractivity contribution in [1.29, 1.82) is 0 Å². The highest BCUT2D eigenvalue weighted by Crippen LogP contribution is 2.29. The van der Waals surface area contributed by atoms with Gasteiger partial charge < -0.3 is 4.74 Å². The van der Waals surface area contributed by atoms with Gasteiger partial charge in [0, 0.05) is 11.5 Å². The number of benzene rings is 1. The van der Waals surface area contributed by atoms with Crippen molar-refractivity contribution in [2.24, 2.45) is 5.92 Å². The number of Topliss-reactive ketones (excluding diaryl/α,β-unsaturated/α-hetero) is 1. The van der Waals surface area contributed by atoms with Gasteiger partial charge >= 0.3 is 5.97 Å². The maximum Gasteiger partial charge on any atom is 0.306 e. The lowest BCUT2D eigenvalue weighted by Crippen LogP contribution is -2.26. The lowest BCUT2D eigenvalue weighted by molar-refractivity contribution is -0.143. The van der Waals surface area contributed by atoms with Crippen molar-refractivity contribution in [2.75, 3.05) is 6.61 Å². The number of aryl methyl sites for hydroxylation is 3.